The van der Waals surface area contributed by atoms with Gasteiger partial charge in [-0.25, -0.2) is 8.42 Å². The fraction of sp³-hybridized carbons (Fsp3) is 0.364. The van der Waals surface area contributed by atoms with E-state index in [0.29, 0.717) is 21.2 Å². The number of hydrogen-bond donors (Lipinski definition) is 1. The molecule has 1 N–H and O–H groups in total. The van der Waals surface area contributed by atoms with Crippen LogP contribution in [-0.2, 0) is 24.3 Å². The number of hydrogen-bond acceptors (Lipinski definition) is 5. The average molecular weight is 500 g/mol. The molecule has 0 aromatic heterocycles. The van der Waals surface area contributed by atoms with E-state index >= 15 is 0 Å². The molecule has 0 amide bonds. The van der Waals surface area contributed by atoms with Crippen LogP contribution in [0.5, 0.6) is 0 Å². The summed E-state index contributed by atoms with van der Waals surface area (Å²) in [4.78, 5) is 24.4. The topological polar surface area (TPSA) is 101 Å². The molecule has 1 aliphatic heterocycles. The van der Waals surface area contributed by atoms with Crippen molar-refractivity contribution in [1.29, 1.82) is 0 Å². The number of benzene rings is 2. The summed E-state index contributed by atoms with van der Waals surface area (Å²) in [6.45, 7) is 3.61. The molecule has 0 aliphatic carbocycles. The van der Waals surface area contributed by atoms with E-state index in [1.54, 1.807) is 56.3 Å². The third-order valence-corrected chi connectivity index (χ3v) is 8.28. The van der Waals surface area contributed by atoms with Crippen LogP contribution in [0, 0.1) is 5.92 Å². The van der Waals surface area contributed by atoms with Gasteiger partial charge < -0.3 is 9.84 Å². The van der Waals surface area contributed by atoms with Crippen LogP contribution in [0.2, 0.25) is 10.0 Å². The Labute approximate surface area is 196 Å². The smallest absolute Gasteiger partial charge is 0.327 e. The molecule has 1 heterocycles. The third kappa shape index (κ3) is 4.50. The highest BCUT2D eigenvalue weighted by atomic mass is 35.5. The van der Waals surface area contributed by atoms with E-state index in [9.17, 15) is 23.1 Å². The number of halogens is 2. The van der Waals surface area contributed by atoms with Crippen molar-refractivity contribution in [3.63, 3.8) is 0 Å². The lowest BCUT2D eigenvalue weighted by Crippen LogP contribution is -2.66. The quantitative estimate of drug-likeness (QED) is 0.566. The summed E-state index contributed by atoms with van der Waals surface area (Å²) < 4.78 is 31.7. The Balaban J connectivity index is 2.11. The predicted octanol–water partition coefficient (Wildman–Crippen LogP) is 4.39. The number of nitrogens with zero attached hydrogens (tertiary/aromatic N) is 1. The van der Waals surface area contributed by atoms with Crippen LogP contribution in [0.25, 0.3) is 11.1 Å². The number of carbonyl (C=O) groups excluding carboxylic acids is 1. The van der Waals surface area contributed by atoms with Gasteiger partial charge in [0.05, 0.1) is 23.2 Å². The second-order valence-electron chi connectivity index (χ2n) is 8.00. The number of aliphatic carboxylic acids is 1. The fourth-order valence-corrected chi connectivity index (χ4v) is 6.33. The van der Waals surface area contributed by atoms with Crippen molar-refractivity contribution >= 4 is 45.2 Å². The zero-order chi connectivity index (χ0) is 23.8. The van der Waals surface area contributed by atoms with E-state index in [-0.39, 0.29) is 12.3 Å². The van der Waals surface area contributed by atoms with Gasteiger partial charge in [-0.05, 0) is 47.2 Å². The lowest BCUT2D eigenvalue weighted by atomic mass is 9.95. The summed E-state index contributed by atoms with van der Waals surface area (Å²) >= 11 is 12.1. The zero-order valence-corrected chi connectivity index (χ0v) is 20.0. The van der Waals surface area contributed by atoms with Crippen molar-refractivity contribution in [3.05, 3.63) is 58.1 Å². The lowest BCUT2D eigenvalue weighted by molar-refractivity contribution is -0.148. The Hall–Kier alpha value is -2.13. The number of sulfonamides is 1. The summed E-state index contributed by atoms with van der Waals surface area (Å²) in [5.41, 5.74) is 1.93. The summed E-state index contributed by atoms with van der Waals surface area (Å²) in [6, 6.07) is 9.67. The van der Waals surface area contributed by atoms with Crippen molar-refractivity contribution in [2.24, 2.45) is 5.92 Å². The number of carbonyl (C=O) groups is 2. The number of esters is 1. The van der Waals surface area contributed by atoms with E-state index in [0.717, 1.165) is 17.0 Å². The van der Waals surface area contributed by atoms with Crippen LogP contribution < -0.4 is 0 Å². The zero-order valence-electron chi connectivity index (χ0n) is 17.7. The van der Waals surface area contributed by atoms with Gasteiger partial charge in [0, 0.05) is 0 Å². The maximum absolute atomic E-state index is 13.0. The van der Waals surface area contributed by atoms with Gasteiger partial charge in [-0.15, -0.1) is 0 Å². The SMILES string of the molecule is COC(=O)[C@@H]1[C@@H](c2cccc(-c3ccc(Cl)c(Cl)c3)c2)N([C@H](CC(C)C)C(=O)O)S1(=O)=O. The molecule has 10 heteroatoms. The van der Waals surface area contributed by atoms with Crippen LogP contribution >= 0.6 is 23.2 Å². The number of carboxylic acids is 1. The molecular formula is C22H23Cl2NO6S. The van der Waals surface area contributed by atoms with Crippen LogP contribution in [0.3, 0.4) is 0 Å². The monoisotopic (exact) mass is 499 g/mol. The van der Waals surface area contributed by atoms with E-state index < -0.39 is 39.3 Å². The van der Waals surface area contributed by atoms with Gasteiger partial charge in [-0.1, -0.05) is 61.3 Å². The molecule has 2 aromatic rings. The van der Waals surface area contributed by atoms with Gasteiger partial charge in [0.25, 0.3) is 0 Å². The molecule has 1 saturated heterocycles. The second kappa shape index (κ2) is 9.39. The lowest BCUT2D eigenvalue weighted by Gasteiger charge is -2.48. The average Bonchev–Trinajstić information content (AvgIpc) is 2.73. The molecule has 2 aromatic carbocycles. The fourth-order valence-electron chi connectivity index (χ4n) is 3.92. The number of rotatable bonds is 7. The van der Waals surface area contributed by atoms with Gasteiger partial charge >= 0.3 is 11.9 Å². The molecule has 0 spiro atoms. The van der Waals surface area contributed by atoms with Crippen molar-refractivity contribution in [3.8, 4) is 11.1 Å². The number of carboxylic acid groups (broad SMARTS) is 1. The first-order valence-electron chi connectivity index (χ1n) is 9.87. The molecule has 1 fully saturated rings. The maximum Gasteiger partial charge on any atom is 0.327 e. The van der Waals surface area contributed by atoms with E-state index in [1.807, 2.05) is 0 Å². The Kier molecular flexibility index (Phi) is 7.19. The first-order chi connectivity index (χ1) is 15.0. The summed E-state index contributed by atoms with van der Waals surface area (Å²) in [7, 11) is -3.11. The summed E-state index contributed by atoms with van der Waals surface area (Å²) in [6.07, 6.45) is 0.103. The molecule has 0 saturated carbocycles. The first-order valence-corrected chi connectivity index (χ1v) is 12.1. The van der Waals surface area contributed by atoms with Gasteiger partial charge in [0.2, 0.25) is 10.0 Å². The van der Waals surface area contributed by atoms with Crippen molar-refractivity contribution in [2.75, 3.05) is 7.11 Å². The molecule has 7 nitrogen and oxygen atoms in total. The van der Waals surface area contributed by atoms with Crippen LogP contribution in [0.4, 0.5) is 0 Å². The second-order valence-corrected chi connectivity index (χ2v) is 10.8. The standard InChI is InChI=1S/C22H23Cl2NO6S/c1-12(2)9-18(21(26)27)25-19(20(22(28)31-3)32(25,29)30)15-6-4-5-13(10-15)14-7-8-16(23)17(24)11-14/h4-8,10-12,18-20H,9H2,1-3H3,(H,26,27)/t18-,19-,20+/m1/s1. The first kappa shape index (κ1) is 24.5. The highest BCUT2D eigenvalue weighted by Crippen LogP contribution is 2.46. The van der Waals surface area contributed by atoms with Gasteiger partial charge in [-0.3, -0.25) is 9.59 Å². The van der Waals surface area contributed by atoms with Crippen LogP contribution in [-0.4, -0.2) is 48.2 Å². The summed E-state index contributed by atoms with van der Waals surface area (Å²) in [5, 5.41) is 9.01. The van der Waals surface area contributed by atoms with Crippen molar-refractivity contribution in [2.45, 2.75) is 37.6 Å². The normalized spacial score (nSPS) is 21.1. The third-order valence-electron chi connectivity index (χ3n) is 5.38. The minimum Gasteiger partial charge on any atom is -0.480 e. The van der Waals surface area contributed by atoms with Crippen LogP contribution in [0.15, 0.2) is 42.5 Å². The largest absolute Gasteiger partial charge is 0.480 e. The minimum absolute atomic E-state index is 0.0772. The molecule has 3 atom stereocenters. The molecule has 1 aliphatic rings. The van der Waals surface area contributed by atoms with E-state index in [2.05, 4.69) is 0 Å². The molecular weight excluding hydrogens is 477 g/mol. The molecule has 0 unspecified atom stereocenters. The Morgan fingerprint density at radius 1 is 1.09 bits per heavy atom. The van der Waals surface area contributed by atoms with E-state index in [4.69, 9.17) is 27.9 Å². The number of methoxy groups -OCH3 is 1. The van der Waals surface area contributed by atoms with Crippen LogP contribution in [0.1, 0.15) is 31.9 Å². The Morgan fingerprint density at radius 3 is 2.31 bits per heavy atom. The highest BCUT2D eigenvalue weighted by Gasteiger charge is 2.62. The highest BCUT2D eigenvalue weighted by molar-refractivity contribution is 7.92. The minimum atomic E-state index is -4.21. The Morgan fingerprint density at radius 2 is 1.75 bits per heavy atom. The molecule has 0 radical (unpaired) electrons. The maximum atomic E-state index is 13.0. The molecule has 172 valence electrons. The van der Waals surface area contributed by atoms with Gasteiger partial charge in [0.1, 0.15) is 6.04 Å². The molecule has 3 rings (SSSR count). The van der Waals surface area contributed by atoms with Crippen molar-refractivity contribution < 1.29 is 27.9 Å². The predicted molar refractivity (Wildman–Crippen MR) is 122 cm³/mol. The molecule has 0 bridgehead atoms. The Bertz CT molecular complexity index is 1150. The van der Waals surface area contributed by atoms with E-state index in [1.165, 1.54) is 0 Å². The van der Waals surface area contributed by atoms with Gasteiger partial charge in [0.15, 0.2) is 5.25 Å². The van der Waals surface area contributed by atoms with Crippen molar-refractivity contribution in [1.82, 2.24) is 4.31 Å². The van der Waals surface area contributed by atoms with Gasteiger partial charge in [-0.2, -0.15) is 4.31 Å². The summed E-state index contributed by atoms with van der Waals surface area (Å²) in [5.74, 6) is -2.28. The molecule has 32 heavy (non-hydrogen) atoms. The number of ether oxygens (including phenoxy) is 1.